The molecule has 0 aliphatic heterocycles. The Morgan fingerprint density at radius 3 is 2.52 bits per heavy atom. The van der Waals surface area contributed by atoms with E-state index in [1.807, 2.05) is 61.1 Å². The fourth-order valence-corrected chi connectivity index (χ4v) is 3.73. The summed E-state index contributed by atoms with van der Waals surface area (Å²) >= 11 is 0. The molecule has 0 unspecified atom stereocenters. The molecule has 0 bridgehead atoms. The maximum absolute atomic E-state index is 13.0. The van der Waals surface area contributed by atoms with Crippen LogP contribution in [-0.2, 0) is 11.3 Å². The Hall–Kier alpha value is -2.72. The summed E-state index contributed by atoms with van der Waals surface area (Å²) in [6.45, 7) is 7.11. The minimum Gasteiger partial charge on any atom is -0.383 e. The zero-order chi connectivity index (χ0) is 19.4. The molecule has 0 saturated carbocycles. The lowest BCUT2D eigenvalue weighted by atomic mass is 10.1. The van der Waals surface area contributed by atoms with Gasteiger partial charge in [-0.3, -0.25) is 4.79 Å². The van der Waals surface area contributed by atoms with E-state index in [-0.39, 0.29) is 11.8 Å². The van der Waals surface area contributed by atoms with E-state index in [1.54, 1.807) is 7.11 Å². The summed E-state index contributed by atoms with van der Waals surface area (Å²) in [6, 6.07) is 16.4. The van der Waals surface area contributed by atoms with Crippen LogP contribution in [0.1, 0.15) is 34.7 Å². The molecule has 1 aromatic carbocycles. The number of ether oxygens (including phenoxy) is 1. The highest BCUT2D eigenvalue weighted by Crippen LogP contribution is 2.21. The summed E-state index contributed by atoms with van der Waals surface area (Å²) in [5.41, 5.74) is 5.12. The molecule has 2 aromatic heterocycles. The Morgan fingerprint density at radius 1 is 1.11 bits per heavy atom. The Bertz CT molecular complexity index is 929. The van der Waals surface area contributed by atoms with E-state index in [2.05, 4.69) is 29.7 Å². The van der Waals surface area contributed by atoms with Gasteiger partial charge in [0.25, 0.3) is 0 Å². The molecule has 0 radical (unpaired) electrons. The van der Waals surface area contributed by atoms with E-state index in [4.69, 9.17) is 4.74 Å². The smallest absolute Gasteiger partial charge is 0.229 e. The van der Waals surface area contributed by atoms with Gasteiger partial charge in [0.1, 0.15) is 0 Å². The number of nitrogens with zero attached hydrogens (tertiary/aromatic N) is 2. The maximum atomic E-state index is 13.0. The van der Waals surface area contributed by atoms with Gasteiger partial charge in [-0.25, -0.2) is 0 Å². The minimum absolute atomic E-state index is 0.120. The third-order valence-corrected chi connectivity index (χ3v) is 4.92. The van der Waals surface area contributed by atoms with Gasteiger partial charge in [-0.15, -0.1) is 0 Å². The number of carbonyl (C=O) groups is 1. The van der Waals surface area contributed by atoms with Crippen molar-refractivity contribution in [2.24, 2.45) is 0 Å². The normalized spacial score (nSPS) is 12.1. The molecule has 0 amide bonds. The van der Waals surface area contributed by atoms with E-state index in [0.717, 1.165) is 28.1 Å². The van der Waals surface area contributed by atoms with Crippen molar-refractivity contribution < 1.29 is 14.1 Å². The number of hydrogen-bond acceptors (Lipinski definition) is 2. The molecule has 2 heterocycles. The number of methoxy groups -OCH3 is 1. The van der Waals surface area contributed by atoms with Gasteiger partial charge in [-0.2, -0.15) is 4.57 Å². The molecule has 0 fully saturated rings. The second-order valence-electron chi connectivity index (χ2n) is 7.01. The predicted molar refractivity (Wildman–Crippen MR) is 107 cm³/mol. The monoisotopic (exact) mass is 363 g/mol. The molecule has 140 valence electrons. The fraction of sp³-hybridized carbons (Fsp3) is 0.304. The second-order valence-corrected chi connectivity index (χ2v) is 7.01. The Labute approximate surface area is 161 Å². The molecule has 3 aromatic rings. The van der Waals surface area contributed by atoms with Gasteiger partial charge in [-0.05, 0) is 38.5 Å². The quantitative estimate of drug-likeness (QED) is 0.467. The van der Waals surface area contributed by atoms with Gasteiger partial charge >= 0.3 is 0 Å². The molecular weight excluding hydrogens is 336 g/mol. The first-order valence-electron chi connectivity index (χ1n) is 9.26. The molecule has 1 atom stereocenters. The zero-order valence-corrected chi connectivity index (χ0v) is 16.5. The van der Waals surface area contributed by atoms with Crippen LogP contribution < -0.4 is 4.57 Å². The van der Waals surface area contributed by atoms with Crippen molar-refractivity contribution in [2.75, 3.05) is 13.7 Å². The van der Waals surface area contributed by atoms with Crippen molar-refractivity contribution in [3.8, 4) is 11.1 Å². The third-order valence-electron chi connectivity index (χ3n) is 4.92. The first kappa shape index (κ1) is 19.1. The molecule has 0 aliphatic carbocycles. The summed E-state index contributed by atoms with van der Waals surface area (Å²) in [7, 11) is 1.70. The first-order valence-corrected chi connectivity index (χ1v) is 9.26. The topological polar surface area (TPSA) is 35.1 Å². The standard InChI is InChI=1S/C23H27N2O2/c1-17-13-22(19(3)25(17)18(2)16-27-4)23(26)15-24-12-8-11-21(14-24)20-9-6-5-7-10-20/h5-14,18H,15-16H2,1-4H3/q+1/t18-/m1/s1. The predicted octanol–water partition coefficient (Wildman–Crippen LogP) is 4.15. The van der Waals surface area contributed by atoms with Gasteiger partial charge in [0.15, 0.2) is 12.4 Å². The highest BCUT2D eigenvalue weighted by atomic mass is 16.5. The Balaban J connectivity index is 1.83. The van der Waals surface area contributed by atoms with E-state index in [0.29, 0.717) is 13.2 Å². The second kappa shape index (κ2) is 8.31. The van der Waals surface area contributed by atoms with Crippen molar-refractivity contribution in [1.29, 1.82) is 0 Å². The average molecular weight is 363 g/mol. The number of benzene rings is 1. The van der Waals surface area contributed by atoms with Crippen LogP contribution in [0, 0.1) is 13.8 Å². The molecule has 4 heteroatoms. The number of rotatable bonds is 7. The molecule has 0 aliphatic rings. The number of Topliss-reactive ketones (excluding diaryl/α,β-unsaturated/α-hetero) is 1. The fourth-order valence-electron chi connectivity index (χ4n) is 3.73. The number of aryl methyl sites for hydroxylation is 1. The van der Waals surface area contributed by atoms with E-state index in [1.165, 1.54) is 0 Å². The third kappa shape index (κ3) is 4.17. The Morgan fingerprint density at radius 2 is 1.81 bits per heavy atom. The summed E-state index contributed by atoms with van der Waals surface area (Å²) in [5, 5.41) is 0. The molecule has 27 heavy (non-hydrogen) atoms. The number of hydrogen-bond donors (Lipinski definition) is 0. The number of ketones is 1. The van der Waals surface area contributed by atoms with Crippen LogP contribution >= 0.6 is 0 Å². The summed E-state index contributed by atoms with van der Waals surface area (Å²) in [6.07, 6.45) is 3.97. The SMILES string of the molecule is COC[C@@H](C)n1c(C)cc(C(=O)C[n+]2cccc(-c3ccccc3)c2)c1C. The summed E-state index contributed by atoms with van der Waals surface area (Å²) < 4.78 is 9.41. The summed E-state index contributed by atoms with van der Waals surface area (Å²) in [5.74, 6) is 0.120. The molecule has 0 spiro atoms. The minimum atomic E-state index is 0.120. The number of aromatic nitrogens is 2. The number of carbonyl (C=O) groups excluding carboxylic acids is 1. The average Bonchev–Trinajstić information content (AvgIpc) is 2.97. The summed E-state index contributed by atoms with van der Waals surface area (Å²) in [4.78, 5) is 13.0. The first-order chi connectivity index (χ1) is 13.0. The molecule has 0 N–H and O–H groups in total. The van der Waals surface area contributed by atoms with Gasteiger partial charge in [0.05, 0.1) is 12.6 Å². The van der Waals surface area contributed by atoms with Crippen LogP contribution in [0.5, 0.6) is 0 Å². The maximum Gasteiger partial charge on any atom is 0.229 e. The van der Waals surface area contributed by atoms with Crippen LogP contribution in [0.15, 0.2) is 60.9 Å². The van der Waals surface area contributed by atoms with Crippen LogP contribution in [-0.4, -0.2) is 24.1 Å². The van der Waals surface area contributed by atoms with E-state index >= 15 is 0 Å². The number of pyridine rings is 1. The van der Waals surface area contributed by atoms with Gasteiger partial charge in [-0.1, -0.05) is 30.3 Å². The van der Waals surface area contributed by atoms with Crippen LogP contribution in [0.3, 0.4) is 0 Å². The van der Waals surface area contributed by atoms with Gasteiger partial charge in [0.2, 0.25) is 12.3 Å². The Kier molecular flexibility index (Phi) is 5.87. The largest absolute Gasteiger partial charge is 0.383 e. The molecular formula is C23H27N2O2+. The van der Waals surface area contributed by atoms with Crippen LogP contribution in [0.2, 0.25) is 0 Å². The molecule has 4 nitrogen and oxygen atoms in total. The van der Waals surface area contributed by atoms with E-state index in [9.17, 15) is 4.79 Å². The van der Waals surface area contributed by atoms with Crippen molar-refractivity contribution in [3.63, 3.8) is 0 Å². The van der Waals surface area contributed by atoms with Gasteiger partial charge < -0.3 is 9.30 Å². The molecule has 0 saturated heterocycles. The lowest BCUT2D eigenvalue weighted by Crippen LogP contribution is -2.37. The highest BCUT2D eigenvalue weighted by Gasteiger charge is 2.21. The van der Waals surface area contributed by atoms with Crippen molar-refractivity contribution >= 4 is 5.78 Å². The van der Waals surface area contributed by atoms with Crippen LogP contribution in [0.25, 0.3) is 11.1 Å². The van der Waals surface area contributed by atoms with Gasteiger partial charge in [0, 0.05) is 35.7 Å². The van der Waals surface area contributed by atoms with E-state index < -0.39 is 0 Å². The molecule has 3 rings (SSSR count). The lowest BCUT2D eigenvalue weighted by Gasteiger charge is -2.17. The van der Waals surface area contributed by atoms with Crippen LogP contribution in [0.4, 0.5) is 0 Å². The van der Waals surface area contributed by atoms with Crippen molar-refractivity contribution in [3.05, 3.63) is 77.9 Å². The lowest BCUT2D eigenvalue weighted by molar-refractivity contribution is -0.682. The van der Waals surface area contributed by atoms with Crippen molar-refractivity contribution in [2.45, 2.75) is 33.4 Å². The van der Waals surface area contributed by atoms with Crippen molar-refractivity contribution in [1.82, 2.24) is 4.57 Å². The zero-order valence-electron chi connectivity index (χ0n) is 16.5. The highest BCUT2D eigenvalue weighted by molar-refractivity contribution is 5.96.